The quantitative estimate of drug-likeness (QED) is 0.353. The minimum atomic E-state index is 0.279. The SMILES string of the molecule is CCCCOCCCNC(=NCc1ccc(O)cc1)NCC. The van der Waals surface area contributed by atoms with Crippen LogP contribution in [0.1, 0.15) is 38.7 Å². The molecule has 0 aliphatic heterocycles. The Kier molecular flexibility index (Phi) is 9.87. The number of benzene rings is 1. The van der Waals surface area contributed by atoms with Gasteiger partial charge in [0.2, 0.25) is 0 Å². The van der Waals surface area contributed by atoms with Gasteiger partial charge < -0.3 is 20.5 Å². The number of aromatic hydroxyl groups is 1. The monoisotopic (exact) mass is 307 g/mol. The molecule has 0 amide bonds. The summed E-state index contributed by atoms with van der Waals surface area (Å²) in [4.78, 5) is 4.53. The van der Waals surface area contributed by atoms with E-state index in [9.17, 15) is 5.11 Å². The van der Waals surface area contributed by atoms with Gasteiger partial charge in [-0.15, -0.1) is 0 Å². The van der Waals surface area contributed by atoms with E-state index >= 15 is 0 Å². The summed E-state index contributed by atoms with van der Waals surface area (Å²) in [6.07, 6.45) is 3.27. The van der Waals surface area contributed by atoms with Crippen LogP contribution in [0.15, 0.2) is 29.3 Å². The summed E-state index contributed by atoms with van der Waals surface area (Å²) < 4.78 is 5.53. The zero-order valence-corrected chi connectivity index (χ0v) is 13.8. The second kappa shape index (κ2) is 11.9. The van der Waals surface area contributed by atoms with Crippen molar-refractivity contribution in [1.82, 2.24) is 10.6 Å². The topological polar surface area (TPSA) is 65.9 Å². The van der Waals surface area contributed by atoms with Crippen LogP contribution < -0.4 is 10.6 Å². The predicted molar refractivity (Wildman–Crippen MR) is 91.3 cm³/mol. The maximum absolute atomic E-state index is 9.27. The van der Waals surface area contributed by atoms with Crippen LogP contribution in [-0.2, 0) is 11.3 Å². The van der Waals surface area contributed by atoms with Crippen LogP contribution in [0.4, 0.5) is 0 Å². The summed E-state index contributed by atoms with van der Waals surface area (Å²) in [5, 5.41) is 15.8. The largest absolute Gasteiger partial charge is 0.508 e. The number of hydrogen-bond donors (Lipinski definition) is 3. The van der Waals surface area contributed by atoms with Crippen LogP contribution in [0.5, 0.6) is 5.75 Å². The lowest BCUT2D eigenvalue weighted by atomic mass is 10.2. The molecule has 0 saturated carbocycles. The number of ether oxygens (including phenoxy) is 1. The molecule has 0 aromatic heterocycles. The van der Waals surface area contributed by atoms with Crippen molar-refractivity contribution in [2.45, 2.75) is 39.7 Å². The second-order valence-electron chi connectivity index (χ2n) is 5.11. The van der Waals surface area contributed by atoms with Gasteiger partial charge in [0, 0.05) is 26.3 Å². The molecule has 3 N–H and O–H groups in total. The maximum Gasteiger partial charge on any atom is 0.191 e. The minimum Gasteiger partial charge on any atom is -0.508 e. The Morgan fingerprint density at radius 3 is 2.50 bits per heavy atom. The fourth-order valence-electron chi connectivity index (χ4n) is 1.84. The predicted octanol–water partition coefficient (Wildman–Crippen LogP) is 2.65. The molecule has 0 atom stereocenters. The number of aliphatic imine (C=N–C) groups is 1. The first-order chi connectivity index (χ1) is 10.8. The first-order valence-electron chi connectivity index (χ1n) is 8.14. The van der Waals surface area contributed by atoms with Crippen LogP contribution in [-0.4, -0.2) is 37.4 Å². The fraction of sp³-hybridized carbons (Fsp3) is 0.588. The zero-order valence-electron chi connectivity index (χ0n) is 13.8. The molecule has 0 aliphatic rings. The second-order valence-corrected chi connectivity index (χ2v) is 5.11. The van der Waals surface area contributed by atoms with E-state index in [0.717, 1.165) is 50.7 Å². The average molecular weight is 307 g/mol. The molecule has 5 heteroatoms. The van der Waals surface area contributed by atoms with Gasteiger partial charge in [-0.1, -0.05) is 25.5 Å². The van der Waals surface area contributed by atoms with Crippen LogP contribution in [0, 0.1) is 0 Å². The number of phenols is 1. The van der Waals surface area contributed by atoms with Crippen LogP contribution in [0.2, 0.25) is 0 Å². The molecule has 0 spiro atoms. The molecule has 0 unspecified atom stereocenters. The van der Waals surface area contributed by atoms with Gasteiger partial charge in [-0.05, 0) is 37.5 Å². The standard InChI is InChI=1S/C17H29N3O2/c1-3-5-12-22-13-6-11-19-17(18-4-2)20-14-15-7-9-16(21)10-8-15/h7-10,21H,3-6,11-14H2,1-2H3,(H2,18,19,20). The molecule has 124 valence electrons. The summed E-state index contributed by atoms with van der Waals surface area (Å²) in [6, 6.07) is 7.12. The van der Waals surface area contributed by atoms with Crippen molar-refractivity contribution in [2.75, 3.05) is 26.3 Å². The summed E-state index contributed by atoms with van der Waals surface area (Å²) in [5.74, 6) is 1.09. The highest BCUT2D eigenvalue weighted by Crippen LogP contribution is 2.10. The lowest BCUT2D eigenvalue weighted by Gasteiger charge is -2.11. The Bertz CT molecular complexity index is 418. The number of rotatable bonds is 10. The van der Waals surface area contributed by atoms with E-state index in [4.69, 9.17) is 4.74 Å². The summed E-state index contributed by atoms with van der Waals surface area (Å²) in [5.41, 5.74) is 1.07. The average Bonchev–Trinajstić information content (AvgIpc) is 2.53. The van der Waals surface area contributed by atoms with Crippen LogP contribution in [0.3, 0.4) is 0 Å². The van der Waals surface area contributed by atoms with E-state index in [1.807, 2.05) is 19.1 Å². The Morgan fingerprint density at radius 2 is 1.82 bits per heavy atom. The number of phenolic OH excluding ortho intramolecular Hbond substituents is 1. The fourth-order valence-corrected chi connectivity index (χ4v) is 1.84. The van der Waals surface area contributed by atoms with Crippen molar-refractivity contribution in [2.24, 2.45) is 4.99 Å². The summed E-state index contributed by atoms with van der Waals surface area (Å²) >= 11 is 0. The van der Waals surface area contributed by atoms with Gasteiger partial charge in [0.15, 0.2) is 5.96 Å². The Balaban J connectivity index is 2.28. The molecule has 0 bridgehead atoms. The Hall–Kier alpha value is -1.75. The molecule has 1 aromatic carbocycles. The van der Waals surface area contributed by atoms with Gasteiger partial charge in [-0.2, -0.15) is 0 Å². The lowest BCUT2D eigenvalue weighted by molar-refractivity contribution is 0.129. The van der Waals surface area contributed by atoms with Crippen molar-refractivity contribution in [3.8, 4) is 5.75 Å². The van der Waals surface area contributed by atoms with Gasteiger partial charge in [0.1, 0.15) is 5.75 Å². The molecule has 22 heavy (non-hydrogen) atoms. The van der Waals surface area contributed by atoms with Gasteiger partial charge >= 0.3 is 0 Å². The molecular weight excluding hydrogens is 278 g/mol. The van der Waals surface area contributed by atoms with Crippen molar-refractivity contribution in [3.05, 3.63) is 29.8 Å². The zero-order chi connectivity index (χ0) is 16.0. The van der Waals surface area contributed by atoms with E-state index < -0.39 is 0 Å². The van der Waals surface area contributed by atoms with E-state index in [1.54, 1.807) is 12.1 Å². The normalized spacial score (nSPS) is 11.5. The summed E-state index contributed by atoms with van der Waals surface area (Å²) in [6.45, 7) is 8.10. The lowest BCUT2D eigenvalue weighted by Crippen LogP contribution is -2.38. The number of nitrogens with one attached hydrogen (secondary N) is 2. The molecule has 0 radical (unpaired) electrons. The van der Waals surface area contributed by atoms with Crippen molar-refractivity contribution in [1.29, 1.82) is 0 Å². The molecule has 0 saturated heterocycles. The highest BCUT2D eigenvalue weighted by atomic mass is 16.5. The third-order valence-corrected chi connectivity index (χ3v) is 3.10. The number of unbranched alkanes of at least 4 members (excludes halogenated alkanes) is 1. The minimum absolute atomic E-state index is 0.279. The molecule has 0 aliphatic carbocycles. The van der Waals surface area contributed by atoms with Gasteiger partial charge in [0.05, 0.1) is 6.54 Å². The van der Waals surface area contributed by atoms with Crippen molar-refractivity contribution < 1.29 is 9.84 Å². The van der Waals surface area contributed by atoms with Crippen LogP contribution in [0.25, 0.3) is 0 Å². The first-order valence-corrected chi connectivity index (χ1v) is 8.14. The van der Waals surface area contributed by atoms with Gasteiger partial charge in [-0.25, -0.2) is 4.99 Å². The smallest absolute Gasteiger partial charge is 0.191 e. The number of guanidine groups is 1. The molecule has 1 aromatic rings. The van der Waals surface area contributed by atoms with E-state index in [1.165, 1.54) is 6.42 Å². The Morgan fingerprint density at radius 1 is 1.09 bits per heavy atom. The molecule has 0 fully saturated rings. The number of nitrogens with zero attached hydrogens (tertiary/aromatic N) is 1. The first kappa shape index (κ1) is 18.3. The van der Waals surface area contributed by atoms with E-state index in [2.05, 4.69) is 22.5 Å². The third kappa shape index (κ3) is 8.52. The third-order valence-electron chi connectivity index (χ3n) is 3.10. The van der Waals surface area contributed by atoms with E-state index in [-0.39, 0.29) is 5.75 Å². The molecule has 1 rings (SSSR count). The summed E-state index contributed by atoms with van der Waals surface area (Å²) in [7, 11) is 0. The molecule has 5 nitrogen and oxygen atoms in total. The van der Waals surface area contributed by atoms with Crippen molar-refractivity contribution in [3.63, 3.8) is 0 Å². The van der Waals surface area contributed by atoms with Gasteiger partial charge in [-0.3, -0.25) is 0 Å². The highest BCUT2D eigenvalue weighted by Gasteiger charge is 1.98. The number of hydrogen-bond acceptors (Lipinski definition) is 3. The van der Waals surface area contributed by atoms with Crippen LogP contribution >= 0.6 is 0 Å². The highest BCUT2D eigenvalue weighted by molar-refractivity contribution is 5.79. The van der Waals surface area contributed by atoms with E-state index in [0.29, 0.717) is 6.54 Å². The Labute approximate surface area is 133 Å². The maximum atomic E-state index is 9.27. The molecular formula is C17H29N3O2. The molecule has 0 heterocycles. The van der Waals surface area contributed by atoms with Gasteiger partial charge in [0.25, 0.3) is 0 Å². The van der Waals surface area contributed by atoms with Crippen molar-refractivity contribution >= 4 is 5.96 Å².